The van der Waals surface area contributed by atoms with Crippen LogP contribution < -0.4 is 15.5 Å². The first-order chi connectivity index (χ1) is 20.3. The summed E-state index contributed by atoms with van der Waals surface area (Å²) in [5, 5.41) is 13.1. The molecule has 1 aliphatic carbocycles. The number of hydrogen-bond acceptors (Lipinski definition) is 8. The number of sulfonamides is 1. The molecule has 2 aliphatic rings. The highest BCUT2D eigenvalue weighted by Crippen LogP contribution is 2.40. The molecule has 1 saturated heterocycles. The van der Waals surface area contributed by atoms with E-state index in [1.165, 1.54) is 17.1 Å². The average Bonchev–Trinajstić information content (AvgIpc) is 3.86. The third-order valence-corrected chi connectivity index (χ3v) is 9.84. The maximum absolute atomic E-state index is 12.9. The number of carbonyl (C=O) groups excluding carboxylic acids is 2. The topological polar surface area (TPSA) is 141 Å². The molecular weight excluding hydrogens is 558 g/mol. The lowest BCUT2D eigenvalue weighted by molar-refractivity contribution is -0.135. The number of amides is 2. The van der Waals surface area contributed by atoms with Crippen molar-refractivity contribution in [2.45, 2.75) is 44.8 Å². The van der Waals surface area contributed by atoms with Crippen LogP contribution in [0.25, 0.3) is 10.9 Å². The van der Waals surface area contributed by atoms with Crippen LogP contribution in [0.2, 0.25) is 0 Å². The molecule has 1 saturated carbocycles. The van der Waals surface area contributed by atoms with Crippen molar-refractivity contribution >= 4 is 32.7 Å². The van der Waals surface area contributed by atoms with Gasteiger partial charge in [0.05, 0.1) is 11.3 Å². The fourth-order valence-electron chi connectivity index (χ4n) is 5.28. The highest BCUT2D eigenvalue weighted by molar-refractivity contribution is 7.89. The molecule has 1 aromatic heterocycles. The Morgan fingerprint density at radius 1 is 1.07 bits per heavy atom. The number of para-hydroxylation sites is 1. The zero-order chi connectivity index (χ0) is 29.7. The number of piperazine rings is 1. The van der Waals surface area contributed by atoms with E-state index in [9.17, 15) is 23.2 Å². The number of rotatable bonds is 12. The molecule has 0 spiro atoms. The minimum Gasteiger partial charge on any atom is -0.489 e. The number of pyridine rings is 1. The van der Waals surface area contributed by atoms with Gasteiger partial charge in [-0.15, -0.1) is 0 Å². The highest BCUT2D eigenvalue weighted by Gasteiger charge is 2.33. The number of fused-ring (bicyclic) bond motifs is 1. The van der Waals surface area contributed by atoms with E-state index in [0.29, 0.717) is 43.3 Å². The van der Waals surface area contributed by atoms with E-state index in [1.807, 2.05) is 31.2 Å². The van der Waals surface area contributed by atoms with E-state index >= 15 is 0 Å². The summed E-state index contributed by atoms with van der Waals surface area (Å²) in [5.41, 5.74) is 5.20. The number of carbonyl (C=O) groups is 2. The van der Waals surface area contributed by atoms with Gasteiger partial charge >= 0.3 is 0 Å². The lowest BCUT2D eigenvalue weighted by Gasteiger charge is -2.37. The van der Waals surface area contributed by atoms with Crippen LogP contribution in [0.1, 0.15) is 53.7 Å². The standard InChI is InChI=1S/C30H37N5O6S/c1-2-17-42(39,40)35-15-13-34(14-16-35)28(30(37)33-38)19-31-29(36)22-9-11-24(12-10-22)41-20-23-18-27(21-7-8-21)32-26-6-4-3-5-25(23)26/h3-6,9-12,18,21,28,38H,2,7-8,13-17,19-20H2,1H3,(H,31,36)(H,33,37)/t28-/m0/s1. The Balaban J connectivity index is 1.17. The van der Waals surface area contributed by atoms with Gasteiger partial charge in [0.2, 0.25) is 10.0 Å². The molecule has 2 amide bonds. The molecule has 5 rings (SSSR count). The Morgan fingerprint density at radius 3 is 2.45 bits per heavy atom. The Labute approximate surface area is 245 Å². The molecule has 3 aromatic rings. The minimum atomic E-state index is -3.33. The highest BCUT2D eigenvalue weighted by atomic mass is 32.2. The molecule has 2 heterocycles. The summed E-state index contributed by atoms with van der Waals surface area (Å²) in [7, 11) is -3.33. The molecule has 224 valence electrons. The molecule has 2 fully saturated rings. The van der Waals surface area contributed by atoms with E-state index in [0.717, 1.165) is 22.2 Å². The Hall–Kier alpha value is -3.58. The van der Waals surface area contributed by atoms with Gasteiger partial charge in [-0.25, -0.2) is 13.9 Å². The van der Waals surface area contributed by atoms with Crippen molar-refractivity contribution in [3.05, 3.63) is 71.4 Å². The van der Waals surface area contributed by atoms with Crippen molar-refractivity contribution in [3.63, 3.8) is 0 Å². The number of ether oxygens (including phenoxy) is 1. The van der Waals surface area contributed by atoms with Gasteiger partial charge in [-0.2, -0.15) is 4.31 Å². The fourth-order valence-corrected chi connectivity index (χ4v) is 6.77. The van der Waals surface area contributed by atoms with E-state index in [2.05, 4.69) is 11.4 Å². The van der Waals surface area contributed by atoms with Crippen LogP contribution in [0.4, 0.5) is 0 Å². The maximum atomic E-state index is 12.9. The first-order valence-corrected chi connectivity index (χ1v) is 16.0. The van der Waals surface area contributed by atoms with E-state index in [-0.39, 0.29) is 31.3 Å². The first kappa shape index (κ1) is 29.9. The monoisotopic (exact) mass is 595 g/mol. The van der Waals surface area contributed by atoms with Gasteiger partial charge in [0, 0.05) is 60.8 Å². The summed E-state index contributed by atoms with van der Waals surface area (Å²) >= 11 is 0. The van der Waals surface area contributed by atoms with Gasteiger partial charge in [-0.1, -0.05) is 25.1 Å². The molecular formula is C30H37N5O6S. The quantitative estimate of drug-likeness (QED) is 0.214. The molecule has 1 atom stereocenters. The summed E-state index contributed by atoms with van der Waals surface area (Å²) in [4.78, 5) is 31.9. The minimum absolute atomic E-state index is 0.0520. The third-order valence-electron chi connectivity index (χ3n) is 7.77. The van der Waals surface area contributed by atoms with E-state index in [1.54, 1.807) is 34.6 Å². The summed E-state index contributed by atoms with van der Waals surface area (Å²) in [6.45, 7) is 3.22. The van der Waals surface area contributed by atoms with Gasteiger partial charge in [0.1, 0.15) is 18.4 Å². The van der Waals surface area contributed by atoms with Crippen LogP contribution in [-0.2, 0) is 21.4 Å². The number of nitrogens with one attached hydrogen (secondary N) is 2. The number of aromatic nitrogens is 1. The van der Waals surface area contributed by atoms with Gasteiger partial charge in [0.15, 0.2) is 0 Å². The second kappa shape index (κ2) is 13.2. The molecule has 12 heteroatoms. The zero-order valence-electron chi connectivity index (χ0n) is 23.7. The SMILES string of the molecule is CCCS(=O)(=O)N1CCN([C@@H](CNC(=O)c2ccc(OCc3cc(C4CC4)nc4ccccc34)cc2)C(=O)NO)CC1. The fraction of sp³-hybridized carbons (Fsp3) is 0.433. The third kappa shape index (κ3) is 7.06. The first-order valence-electron chi connectivity index (χ1n) is 14.3. The maximum Gasteiger partial charge on any atom is 0.262 e. The second-order valence-electron chi connectivity index (χ2n) is 10.8. The predicted molar refractivity (Wildman–Crippen MR) is 158 cm³/mol. The summed E-state index contributed by atoms with van der Waals surface area (Å²) in [6, 6.07) is 16.1. The van der Waals surface area contributed by atoms with Crippen LogP contribution >= 0.6 is 0 Å². The van der Waals surface area contributed by atoms with E-state index in [4.69, 9.17) is 9.72 Å². The summed E-state index contributed by atoms with van der Waals surface area (Å²) in [5.74, 6) is 0.178. The Kier molecular flexibility index (Phi) is 9.37. The van der Waals surface area contributed by atoms with Crippen LogP contribution in [-0.4, -0.2) is 84.1 Å². The molecule has 0 bridgehead atoms. The molecule has 42 heavy (non-hydrogen) atoms. The van der Waals surface area contributed by atoms with Crippen LogP contribution in [0.5, 0.6) is 5.75 Å². The van der Waals surface area contributed by atoms with Crippen molar-refractivity contribution in [1.29, 1.82) is 0 Å². The lowest BCUT2D eigenvalue weighted by atomic mass is 10.1. The Morgan fingerprint density at radius 2 is 1.79 bits per heavy atom. The summed E-state index contributed by atoms with van der Waals surface area (Å²) in [6.07, 6.45) is 2.86. The van der Waals surface area contributed by atoms with Crippen molar-refractivity contribution in [3.8, 4) is 5.75 Å². The van der Waals surface area contributed by atoms with Crippen molar-refractivity contribution in [1.82, 2.24) is 25.0 Å². The molecule has 1 aliphatic heterocycles. The lowest BCUT2D eigenvalue weighted by Crippen LogP contribution is -2.58. The zero-order valence-corrected chi connectivity index (χ0v) is 24.5. The molecule has 0 unspecified atom stereocenters. The number of nitrogens with zero attached hydrogens (tertiary/aromatic N) is 3. The van der Waals surface area contributed by atoms with Crippen molar-refractivity contribution in [2.75, 3.05) is 38.5 Å². The van der Waals surface area contributed by atoms with Gasteiger partial charge in [0.25, 0.3) is 11.8 Å². The normalized spacial score (nSPS) is 17.1. The van der Waals surface area contributed by atoms with Gasteiger partial charge in [-0.05, 0) is 55.7 Å². The smallest absolute Gasteiger partial charge is 0.262 e. The second-order valence-corrected chi connectivity index (χ2v) is 12.9. The Bertz CT molecular complexity index is 1520. The molecule has 3 N–H and O–H groups in total. The average molecular weight is 596 g/mol. The van der Waals surface area contributed by atoms with Crippen LogP contribution in [0, 0.1) is 0 Å². The summed E-state index contributed by atoms with van der Waals surface area (Å²) < 4.78 is 32.2. The van der Waals surface area contributed by atoms with Crippen molar-refractivity contribution < 1.29 is 28.0 Å². The largest absolute Gasteiger partial charge is 0.489 e. The predicted octanol–water partition coefficient (Wildman–Crippen LogP) is 2.65. The van der Waals surface area contributed by atoms with Crippen molar-refractivity contribution in [2.24, 2.45) is 0 Å². The molecule has 11 nitrogen and oxygen atoms in total. The van der Waals surface area contributed by atoms with E-state index < -0.39 is 22.0 Å². The molecule has 2 aromatic carbocycles. The number of hydrogen-bond donors (Lipinski definition) is 3. The van der Waals surface area contributed by atoms with Crippen LogP contribution in [0.3, 0.4) is 0 Å². The molecule has 0 radical (unpaired) electrons. The number of benzene rings is 2. The van der Waals surface area contributed by atoms with Gasteiger partial charge < -0.3 is 10.1 Å². The van der Waals surface area contributed by atoms with Crippen LogP contribution in [0.15, 0.2) is 54.6 Å². The number of hydroxylamine groups is 1. The van der Waals surface area contributed by atoms with Gasteiger partial charge in [-0.3, -0.25) is 24.7 Å².